The molecule has 0 aliphatic carbocycles. The van der Waals surface area contributed by atoms with Gasteiger partial charge in [0.25, 0.3) is 0 Å². The molecule has 0 heterocycles. The van der Waals surface area contributed by atoms with Crippen LogP contribution in [0.2, 0.25) is 0 Å². The van der Waals surface area contributed by atoms with Gasteiger partial charge in [0.2, 0.25) is 11.8 Å². The van der Waals surface area contributed by atoms with Crippen molar-refractivity contribution < 1.29 is 32.7 Å². The van der Waals surface area contributed by atoms with Crippen LogP contribution in [0.4, 0.5) is 13.2 Å². The molecule has 0 spiro atoms. The van der Waals surface area contributed by atoms with Crippen LogP contribution in [0.5, 0.6) is 0 Å². The molecule has 12 heteroatoms. The normalized spacial score (nSPS) is 13.5. The van der Waals surface area contributed by atoms with Crippen molar-refractivity contribution in [2.75, 3.05) is 11.5 Å². The van der Waals surface area contributed by atoms with Crippen molar-refractivity contribution in [2.24, 2.45) is 11.5 Å². The molecule has 0 aliphatic rings. The van der Waals surface area contributed by atoms with Crippen LogP contribution in [0, 0.1) is 0 Å². The summed E-state index contributed by atoms with van der Waals surface area (Å²) in [6.07, 6.45) is -5.08. The number of amides is 2. The molecule has 0 aromatic rings. The van der Waals surface area contributed by atoms with Crippen LogP contribution in [0.25, 0.3) is 0 Å². The fourth-order valence-corrected chi connectivity index (χ4v) is 1.01. The van der Waals surface area contributed by atoms with Gasteiger partial charge in [0.05, 0.1) is 6.04 Å². The number of carboxylic acids is 1. The smallest absolute Gasteiger partial charge is 0.475 e. The molecule has 0 bridgehead atoms. The lowest BCUT2D eigenvalue weighted by Crippen LogP contribution is -2.51. The Kier molecular flexibility index (Phi) is 10.3. The maximum absolute atomic E-state index is 11.1. The first kappa shape index (κ1) is 21.2. The first-order valence-electron chi connectivity index (χ1n) is 4.84. The summed E-state index contributed by atoms with van der Waals surface area (Å²) in [4.78, 5) is 30.7. The number of thiol groups is 2. The average molecular weight is 337 g/mol. The minimum atomic E-state index is -5.08. The second-order valence-corrected chi connectivity index (χ2v) is 3.97. The van der Waals surface area contributed by atoms with E-state index in [9.17, 15) is 22.8 Å². The molecular formula is C8H14F3N3O4S2. The number of hydrogen-bond acceptors (Lipinski definition) is 6. The van der Waals surface area contributed by atoms with Gasteiger partial charge in [0.1, 0.15) is 6.04 Å². The van der Waals surface area contributed by atoms with Gasteiger partial charge in [0, 0.05) is 11.5 Å². The highest BCUT2D eigenvalue weighted by Crippen LogP contribution is 2.13. The number of rotatable bonds is 5. The molecule has 7 nitrogen and oxygen atoms in total. The van der Waals surface area contributed by atoms with Gasteiger partial charge in [-0.2, -0.15) is 38.4 Å². The Morgan fingerprint density at radius 2 is 1.60 bits per heavy atom. The van der Waals surface area contributed by atoms with Gasteiger partial charge < -0.3 is 21.9 Å². The van der Waals surface area contributed by atoms with Crippen LogP contribution in [-0.4, -0.2) is 52.7 Å². The first-order chi connectivity index (χ1) is 8.97. The van der Waals surface area contributed by atoms with E-state index in [4.69, 9.17) is 21.4 Å². The van der Waals surface area contributed by atoms with Gasteiger partial charge in [-0.15, -0.1) is 0 Å². The van der Waals surface area contributed by atoms with Crippen molar-refractivity contribution in [1.29, 1.82) is 0 Å². The van der Waals surface area contributed by atoms with Crippen molar-refractivity contribution in [3.63, 3.8) is 0 Å². The molecule has 20 heavy (non-hydrogen) atoms. The number of hydrogen-bond donors (Lipinski definition) is 6. The third-order valence-corrected chi connectivity index (χ3v) is 2.38. The Morgan fingerprint density at radius 3 is 1.80 bits per heavy atom. The molecule has 2 amide bonds. The summed E-state index contributed by atoms with van der Waals surface area (Å²) in [6.45, 7) is 0. The highest BCUT2D eigenvalue weighted by Gasteiger charge is 2.38. The maximum atomic E-state index is 11.1. The van der Waals surface area contributed by atoms with E-state index in [2.05, 4.69) is 30.6 Å². The summed E-state index contributed by atoms with van der Waals surface area (Å²) >= 11 is 7.69. The maximum Gasteiger partial charge on any atom is 0.490 e. The third kappa shape index (κ3) is 9.75. The number of carbonyl (C=O) groups excluding carboxylic acids is 2. The summed E-state index contributed by atoms with van der Waals surface area (Å²) < 4.78 is 31.7. The molecule has 2 unspecified atom stereocenters. The van der Waals surface area contributed by atoms with E-state index in [0.29, 0.717) is 0 Å². The Hall–Kier alpha value is -1.14. The molecule has 0 rings (SSSR count). The van der Waals surface area contributed by atoms with E-state index in [-0.39, 0.29) is 11.5 Å². The van der Waals surface area contributed by atoms with Gasteiger partial charge in [-0.05, 0) is 0 Å². The second-order valence-electron chi connectivity index (χ2n) is 3.24. The van der Waals surface area contributed by atoms with Gasteiger partial charge in [-0.1, -0.05) is 0 Å². The monoisotopic (exact) mass is 337 g/mol. The molecule has 0 radical (unpaired) electrons. The lowest BCUT2D eigenvalue weighted by atomic mass is 10.2. The van der Waals surface area contributed by atoms with Crippen molar-refractivity contribution >= 4 is 43.0 Å². The van der Waals surface area contributed by atoms with Crippen LogP contribution >= 0.6 is 25.3 Å². The molecule has 0 saturated heterocycles. The van der Waals surface area contributed by atoms with Crippen LogP contribution in [0.15, 0.2) is 0 Å². The Bertz CT molecular complexity index is 354. The molecule has 2 atom stereocenters. The van der Waals surface area contributed by atoms with Crippen LogP contribution in [0.3, 0.4) is 0 Å². The Labute approximate surface area is 123 Å². The summed E-state index contributed by atoms with van der Waals surface area (Å²) in [5, 5.41) is 9.48. The summed E-state index contributed by atoms with van der Waals surface area (Å²) in [6, 6.07) is -1.51. The van der Waals surface area contributed by atoms with Crippen molar-refractivity contribution in [1.82, 2.24) is 5.32 Å². The number of aliphatic carboxylic acids is 1. The predicted octanol–water partition coefficient (Wildman–Crippen LogP) is -1.22. The Morgan fingerprint density at radius 1 is 1.20 bits per heavy atom. The van der Waals surface area contributed by atoms with Crippen molar-refractivity contribution in [3.05, 3.63) is 0 Å². The second kappa shape index (κ2) is 9.72. The standard InChI is InChI=1S/C6H13N3O2S2.C2HF3O2/c7-3(1-12)6(11)9-4(2-13)5(8)10;3-2(4,5)1(6)7/h3-4,12-13H,1-2,7H2,(H2,8,10)(H,9,11);(H,6,7). The Balaban J connectivity index is 0. The first-order valence-corrected chi connectivity index (χ1v) is 6.10. The number of halogens is 3. The topological polar surface area (TPSA) is 136 Å². The van der Waals surface area contributed by atoms with E-state index in [1.807, 2.05) is 0 Å². The zero-order valence-corrected chi connectivity index (χ0v) is 11.7. The molecule has 0 aromatic carbocycles. The third-order valence-electron chi connectivity index (χ3n) is 1.62. The van der Waals surface area contributed by atoms with Crippen LogP contribution in [-0.2, 0) is 14.4 Å². The highest BCUT2D eigenvalue weighted by atomic mass is 32.1. The zero-order valence-electron chi connectivity index (χ0n) is 9.92. The van der Waals surface area contributed by atoms with E-state index in [0.717, 1.165) is 0 Å². The van der Waals surface area contributed by atoms with E-state index >= 15 is 0 Å². The summed E-state index contributed by atoms with van der Waals surface area (Å²) in [5.74, 6) is -3.47. The SMILES string of the molecule is NC(=O)C(CS)NC(=O)C(N)CS.O=C(O)C(F)(F)F. The molecule has 6 N–H and O–H groups in total. The van der Waals surface area contributed by atoms with Crippen molar-refractivity contribution in [2.45, 2.75) is 18.3 Å². The fourth-order valence-electron chi connectivity index (χ4n) is 0.568. The molecular weight excluding hydrogens is 323 g/mol. The molecule has 118 valence electrons. The van der Waals surface area contributed by atoms with Crippen LogP contribution < -0.4 is 16.8 Å². The van der Waals surface area contributed by atoms with Gasteiger partial charge in [-0.3, -0.25) is 9.59 Å². The summed E-state index contributed by atoms with van der Waals surface area (Å²) in [7, 11) is 0. The number of nitrogens with one attached hydrogen (secondary N) is 1. The fraction of sp³-hybridized carbons (Fsp3) is 0.625. The number of nitrogens with two attached hydrogens (primary N) is 2. The number of carboxylic acid groups (broad SMARTS) is 1. The molecule has 0 aromatic heterocycles. The highest BCUT2D eigenvalue weighted by molar-refractivity contribution is 7.80. The number of carbonyl (C=O) groups is 3. The van der Waals surface area contributed by atoms with E-state index in [1.165, 1.54) is 0 Å². The molecule has 0 aliphatic heterocycles. The summed E-state index contributed by atoms with van der Waals surface area (Å²) in [5.41, 5.74) is 10.3. The quantitative estimate of drug-likeness (QED) is 0.349. The van der Waals surface area contributed by atoms with Crippen molar-refractivity contribution in [3.8, 4) is 0 Å². The predicted molar refractivity (Wildman–Crippen MR) is 70.5 cm³/mol. The zero-order chi connectivity index (χ0) is 16.5. The molecule has 0 saturated carbocycles. The van der Waals surface area contributed by atoms with Gasteiger partial charge >= 0.3 is 12.1 Å². The lowest BCUT2D eigenvalue weighted by molar-refractivity contribution is -0.192. The largest absolute Gasteiger partial charge is 0.490 e. The minimum Gasteiger partial charge on any atom is -0.475 e. The van der Waals surface area contributed by atoms with Crippen LogP contribution in [0.1, 0.15) is 0 Å². The average Bonchev–Trinajstić information content (AvgIpc) is 2.33. The van der Waals surface area contributed by atoms with Gasteiger partial charge in [-0.25, -0.2) is 4.79 Å². The number of primary amides is 1. The molecule has 0 fully saturated rings. The van der Waals surface area contributed by atoms with E-state index < -0.39 is 36.0 Å². The number of alkyl halides is 3. The lowest BCUT2D eigenvalue weighted by Gasteiger charge is -2.15. The minimum absolute atomic E-state index is 0.153. The van der Waals surface area contributed by atoms with Gasteiger partial charge in [0.15, 0.2) is 0 Å². The van der Waals surface area contributed by atoms with E-state index in [1.54, 1.807) is 0 Å².